The lowest BCUT2D eigenvalue weighted by Gasteiger charge is -2.31. The lowest BCUT2D eigenvalue weighted by Crippen LogP contribution is -2.43. The molecule has 6 rings (SSSR count). The van der Waals surface area contributed by atoms with E-state index >= 15 is 0 Å². The molecule has 172 valence electrons. The number of nitrogens with one attached hydrogen (secondary N) is 2. The Morgan fingerprint density at radius 2 is 1.71 bits per heavy atom. The highest BCUT2D eigenvalue weighted by atomic mass is 16.2. The Bertz CT molecular complexity index is 1370. The highest BCUT2D eigenvalue weighted by Gasteiger charge is 2.31. The van der Waals surface area contributed by atoms with Crippen molar-refractivity contribution < 1.29 is 9.59 Å². The molecular formula is C24H24N8O2. The number of nitrogens with zero attached hydrogens (tertiary/aromatic N) is 6. The van der Waals surface area contributed by atoms with Crippen LogP contribution in [0.5, 0.6) is 0 Å². The van der Waals surface area contributed by atoms with Gasteiger partial charge in [-0.05, 0) is 72.5 Å². The van der Waals surface area contributed by atoms with E-state index in [-0.39, 0.29) is 17.7 Å². The van der Waals surface area contributed by atoms with Crippen LogP contribution in [0.2, 0.25) is 0 Å². The van der Waals surface area contributed by atoms with Crippen molar-refractivity contribution in [1.29, 1.82) is 0 Å². The fraction of sp³-hybridized carbons (Fsp3) is 0.333. The van der Waals surface area contributed by atoms with Crippen LogP contribution in [0.4, 0.5) is 11.5 Å². The number of piperidine rings is 1. The summed E-state index contributed by atoms with van der Waals surface area (Å²) in [5.74, 6) is 0.674. The average molecular weight is 457 g/mol. The van der Waals surface area contributed by atoms with Crippen molar-refractivity contribution in [3.63, 3.8) is 0 Å². The molecule has 1 saturated heterocycles. The van der Waals surface area contributed by atoms with E-state index in [1.165, 1.54) is 0 Å². The van der Waals surface area contributed by atoms with Gasteiger partial charge in [0, 0.05) is 36.3 Å². The van der Waals surface area contributed by atoms with Gasteiger partial charge in [-0.15, -0.1) is 5.10 Å². The first-order valence-electron chi connectivity index (χ1n) is 11.6. The molecule has 10 nitrogen and oxygen atoms in total. The summed E-state index contributed by atoms with van der Waals surface area (Å²) in [4.78, 5) is 31.8. The van der Waals surface area contributed by atoms with Gasteiger partial charge in [-0.2, -0.15) is 4.52 Å². The standard InChI is InChI=1S/C24H24N8O2/c33-23(26-18-9-10-18)15-11-13-31(14-12-15)24(34)16-5-7-17(8-6-16)25-21-22-28-29-30-32(22)20-4-2-1-3-19(20)27-21/h1-8,15,18H,9-14H2,(H,25,27)(H,26,33). The van der Waals surface area contributed by atoms with Gasteiger partial charge in [0.05, 0.1) is 11.0 Å². The molecule has 0 spiro atoms. The molecular weight excluding hydrogens is 432 g/mol. The molecule has 1 saturated carbocycles. The van der Waals surface area contributed by atoms with Gasteiger partial charge in [0.1, 0.15) is 0 Å². The van der Waals surface area contributed by atoms with Gasteiger partial charge in [0.2, 0.25) is 11.6 Å². The number of carbonyl (C=O) groups is 2. The number of anilines is 2. The zero-order valence-electron chi connectivity index (χ0n) is 18.5. The lowest BCUT2D eigenvalue weighted by atomic mass is 9.95. The quantitative estimate of drug-likeness (QED) is 0.474. The highest BCUT2D eigenvalue weighted by Crippen LogP contribution is 2.25. The number of hydrogen-bond donors (Lipinski definition) is 2. The first-order chi connectivity index (χ1) is 16.7. The molecule has 2 fully saturated rings. The Hall–Kier alpha value is -4.08. The molecule has 0 radical (unpaired) electrons. The predicted molar refractivity (Wildman–Crippen MR) is 126 cm³/mol. The van der Waals surface area contributed by atoms with E-state index < -0.39 is 0 Å². The third-order valence-corrected chi connectivity index (χ3v) is 6.49. The van der Waals surface area contributed by atoms with Crippen molar-refractivity contribution in [3.8, 4) is 0 Å². The van der Waals surface area contributed by atoms with Crippen LogP contribution in [0.25, 0.3) is 16.7 Å². The number of para-hydroxylation sites is 2. The average Bonchev–Trinajstić information content (AvgIpc) is 3.55. The maximum atomic E-state index is 13.0. The van der Waals surface area contributed by atoms with Crippen molar-refractivity contribution >= 4 is 40.0 Å². The number of rotatable bonds is 5. The molecule has 34 heavy (non-hydrogen) atoms. The molecule has 1 aliphatic heterocycles. The molecule has 2 N–H and O–H groups in total. The van der Waals surface area contributed by atoms with E-state index in [2.05, 4.69) is 31.1 Å². The smallest absolute Gasteiger partial charge is 0.253 e. The summed E-state index contributed by atoms with van der Waals surface area (Å²) in [7, 11) is 0. The highest BCUT2D eigenvalue weighted by molar-refractivity contribution is 5.95. The van der Waals surface area contributed by atoms with Gasteiger partial charge in [-0.3, -0.25) is 9.59 Å². The van der Waals surface area contributed by atoms with Gasteiger partial charge >= 0.3 is 0 Å². The van der Waals surface area contributed by atoms with E-state index in [1.54, 1.807) is 16.6 Å². The van der Waals surface area contributed by atoms with Crippen molar-refractivity contribution in [2.75, 3.05) is 18.4 Å². The summed E-state index contributed by atoms with van der Waals surface area (Å²) < 4.78 is 1.65. The van der Waals surface area contributed by atoms with E-state index in [9.17, 15) is 9.59 Å². The second-order valence-electron chi connectivity index (χ2n) is 8.92. The number of hydrogen-bond acceptors (Lipinski definition) is 7. The van der Waals surface area contributed by atoms with Crippen LogP contribution in [0.1, 0.15) is 36.0 Å². The molecule has 3 heterocycles. The fourth-order valence-corrected chi connectivity index (χ4v) is 4.40. The van der Waals surface area contributed by atoms with Gasteiger partial charge in [0.15, 0.2) is 5.82 Å². The molecule has 1 aliphatic carbocycles. The topological polar surface area (TPSA) is 117 Å². The largest absolute Gasteiger partial charge is 0.353 e. The summed E-state index contributed by atoms with van der Waals surface area (Å²) in [6.45, 7) is 1.20. The molecule has 4 aromatic rings. The van der Waals surface area contributed by atoms with Crippen molar-refractivity contribution in [2.24, 2.45) is 5.92 Å². The summed E-state index contributed by atoms with van der Waals surface area (Å²) >= 11 is 0. The minimum absolute atomic E-state index is 0.00848. The molecule has 10 heteroatoms. The molecule has 2 aliphatic rings. The summed E-state index contributed by atoms with van der Waals surface area (Å²) in [5, 5.41) is 18.3. The zero-order valence-corrected chi connectivity index (χ0v) is 18.5. The van der Waals surface area contributed by atoms with Gasteiger partial charge < -0.3 is 15.5 Å². The Morgan fingerprint density at radius 1 is 0.941 bits per heavy atom. The third kappa shape index (κ3) is 3.91. The number of likely N-dealkylation sites (tertiary alicyclic amines) is 1. The Balaban J connectivity index is 1.13. The van der Waals surface area contributed by atoms with Crippen LogP contribution >= 0.6 is 0 Å². The normalized spacial score (nSPS) is 16.6. The molecule has 2 aromatic heterocycles. The van der Waals surface area contributed by atoms with Gasteiger partial charge in [-0.25, -0.2) is 4.98 Å². The van der Waals surface area contributed by atoms with Crippen molar-refractivity contribution in [1.82, 2.24) is 35.2 Å². The van der Waals surface area contributed by atoms with E-state index in [0.29, 0.717) is 49.0 Å². The van der Waals surface area contributed by atoms with Gasteiger partial charge in [0.25, 0.3) is 5.91 Å². The number of tetrazole rings is 1. The first-order valence-corrected chi connectivity index (χ1v) is 11.6. The lowest BCUT2D eigenvalue weighted by molar-refractivity contribution is -0.126. The minimum atomic E-state index is -0.0134. The maximum Gasteiger partial charge on any atom is 0.253 e. The maximum absolute atomic E-state index is 13.0. The van der Waals surface area contributed by atoms with Crippen LogP contribution < -0.4 is 10.6 Å². The van der Waals surface area contributed by atoms with Crippen LogP contribution in [-0.4, -0.2) is 60.9 Å². The van der Waals surface area contributed by atoms with Crippen molar-refractivity contribution in [2.45, 2.75) is 31.7 Å². The number of amides is 2. The first kappa shape index (κ1) is 20.5. The fourth-order valence-electron chi connectivity index (χ4n) is 4.40. The van der Waals surface area contributed by atoms with Crippen LogP contribution in [-0.2, 0) is 4.79 Å². The molecule has 0 atom stereocenters. The van der Waals surface area contributed by atoms with Crippen LogP contribution in [0, 0.1) is 5.92 Å². The molecule has 2 amide bonds. The van der Waals surface area contributed by atoms with Crippen LogP contribution in [0.15, 0.2) is 48.5 Å². The number of fused-ring (bicyclic) bond motifs is 3. The summed E-state index contributed by atoms with van der Waals surface area (Å²) in [5.41, 5.74) is 3.51. The molecule has 0 unspecified atom stereocenters. The second-order valence-corrected chi connectivity index (χ2v) is 8.92. The number of aromatic nitrogens is 5. The minimum Gasteiger partial charge on any atom is -0.353 e. The third-order valence-electron chi connectivity index (χ3n) is 6.49. The monoisotopic (exact) mass is 456 g/mol. The molecule has 2 aromatic carbocycles. The van der Waals surface area contributed by atoms with E-state index in [4.69, 9.17) is 0 Å². The Kier molecular flexibility index (Phi) is 5.05. The summed E-state index contributed by atoms with van der Waals surface area (Å²) in [6, 6.07) is 15.3. The zero-order chi connectivity index (χ0) is 23.1. The van der Waals surface area contributed by atoms with Crippen molar-refractivity contribution in [3.05, 3.63) is 54.1 Å². The number of carbonyl (C=O) groups excluding carboxylic acids is 2. The van der Waals surface area contributed by atoms with Gasteiger partial charge in [-0.1, -0.05) is 12.1 Å². The number of benzene rings is 2. The summed E-state index contributed by atoms with van der Waals surface area (Å²) in [6.07, 6.45) is 3.59. The van der Waals surface area contributed by atoms with Crippen LogP contribution in [0.3, 0.4) is 0 Å². The SMILES string of the molecule is O=C(NC1CC1)C1CCN(C(=O)c2ccc(Nc3nc4ccccc4n4nnnc34)cc2)CC1. The molecule has 0 bridgehead atoms. The Labute approximate surface area is 195 Å². The Morgan fingerprint density at radius 3 is 2.47 bits per heavy atom. The van der Waals surface area contributed by atoms with E-state index in [1.807, 2.05) is 41.3 Å². The second kappa shape index (κ2) is 8.36. The van der Waals surface area contributed by atoms with E-state index in [0.717, 1.165) is 29.6 Å². The predicted octanol–water partition coefficient (Wildman–Crippen LogP) is 2.55.